The van der Waals surface area contributed by atoms with Gasteiger partial charge >= 0.3 is 5.97 Å². The minimum absolute atomic E-state index is 0.0897. The maximum Gasteiger partial charge on any atom is 0.338 e. The van der Waals surface area contributed by atoms with E-state index >= 15 is 0 Å². The zero-order valence-electron chi connectivity index (χ0n) is 12.9. The minimum atomic E-state index is -0.697. The molecule has 0 aliphatic carbocycles. The Balaban J connectivity index is 1.59. The Kier molecular flexibility index (Phi) is 4.18. The highest BCUT2D eigenvalue weighted by molar-refractivity contribution is 5.89. The Morgan fingerprint density at radius 3 is 2.64 bits per heavy atom. The van der Waals surface area contributed by atoms with E-state index in [9.17, 15) is 4.79 Å². The van der Waals surface area contributed by atoms with Crippen LogP contribution in [0.4, 0.5) is 0 Å². The number of esters is 1. The molecule has 3 rings (SSSR count). The van der Waals surface area contributed by atoms with Crippen molar-refractivity contribution >= 4 is 5.97 Å². The number of hydrogen-bond acceptors (Lipinski definition) is 6. The summed E-state index contributed by atoms with van der Waals surface area (Å²) in [6.07, 6.45) is -1.57. The van der Waals surface area contributed by atoms with Crippen LogP contribution in [0.15, 0.2) is 30.3 Å². The molecular weight excluding hydrogens is 288 g/mol. The summed E-state index contributed by atoms with van der Waals surface area (Å²) in [7, 11) is 1.58. The van der Waals surface area contributed by atoms with Crippen molar-refractivity contribution < 1.29 is 28.5 Å². The first-order valence-corrected chi connectivity index (χ1v) is 7.26. The van der Waals surface area contributed by atoms with Crippen LogP contribution in [0.2, 0.25) is 0 Å². The van der Waals surface area contributed by atoms with E-state index in [-0.39, 0.29) is 18.8 Å². The van der Waals surface area contributed by atoms with E-state index in [1.54, 1.807) is 31.4 Å². The predicted molar refractivity (Wildman–Crippen MR) is 76.2 cm³/mol. The number of methoxy groups -OCH3 is 1. The third kappa shape index (κ3) is 3.01. The maximum absolute atomic E-state index is 12.0. The van der Waals surface area contributed by atoms with Crippen LogP contribution in [0.5, 0.6) is 0 Å². The summed E-state index contributed by atoms with van der Waals surface area (Å²) in [6, 6.07) is 8.82. The third-order valence-electron chi connectivity index (χ3n) is 3.75. The van der Waals surface area contributed by atoms with Gasteiger partial charge in [0.15, 0.2) is 12.1 Å². The van der Waals surface area contributed by atoms with E-state index in [0.717, 1.165) is 0 Å². The largest absolute Gasteiger partial charge is 0.459 e. The lowest BCUT2D eigenvalue weighted by molar-refractivity contribution is -0.220. The smallest absolute Gasteiger partial charge is 0.338 e. The Morgan fingerprint density at radius 1 is 1.23 bits per heavy atom. The van der Waals surface area contributed by atoms with Gasteiger partial charge in [-0.2, -0.15) is 0 Å². The molecule has 22 heavy (non-hydrogen) atoms. The highest BCUT2D eigenvalue weighted by atomic mass is 16.8. The van der Waals surface area contributed by atoms with Crippen molar-refractivity contribution in [1.82, 2.24) is 0 Å². The second kappa shape index (κ2) is 5.96. The molecule has 0 bridgehead atoms. The topological polar surface area (TPSA) is 63.2 Å². The molecule has 2 saturated heterocycles. The van der Waals surface area contributed by atoms with Crippen LogP contribution < -0.4 is 0 Å². The molecule has 1 aromatic carbocycles. The van der Waals surface area contributed by atoms with Gasteiger partial charge in [0.2, 0.25) is 0 Å². The molecule has 6 heteroatoms. The molecule has 2 fully saturated rings. The lowest BCUT2D eigenvalue weighted by atomic mass is 10.1. The number of fused-ring (bicyclic) bond motifs is 1. The number of benzene rings is 1. The van der Waals surface area contributed by atoms with E-state index < -0.39 is 24.2 Å². The molecule has 0 radical (unpaired) electrons. The molecular formula is C16H20O6. The molecule has 4 atom stereocenters. The number of ether oxygens (including phenoxy) is 5. The van der Waals surface area contributed by atoms with Gasteiger partial charge in [0.1, 0.15) is 24.9 Å². The number of carbonyl (C=O) groups excluding carboxylic acids is 1. The third-order valence-corrected chi connectivity index (χ3v) is 3.75. The average molecular weight is 308 g/mol. The van der Waals surface area contributed by atoms with Gasteiger partial charge in [-0.3, -0.25) is 0 Å². The lowest BCUT2D eigenvalue weighted by Crippen LogP contribution is -2.38. The van der Waals surface area contributed by atoms with Gasteiger partial charge in [-0.25, -0.2) is 4.79 Å². The van der Waals surface area contributed by atoms with Gasteiger partial charge in [0.25, 0.3) is 0 Å². The molecule has 0 unspecified atom stereocenters. The molecule has 2 aliphatic heterocycles. The summed E-state index contributed by atoms with van der Waals surface area (Å²) >= 11 is 0. The monoisotopic (exact) mass is 308 g/mol. The normalized spacial score (nSPS) is 32.7. The predicted octanol–water partition coefficient (Wildman–Crippen LogP) is 1.73. The van der Waals surface area contributed by atoms with Gasteiger partial charge in [-0.15, -0.1) is 0 Å². The van der Waals surface area contributed by atoms with Crippen LogP contribution in [0.25, 0.3) is 0 Å². The summed E-state index contributed by atoms with van der Waals surface area (Å²) < 4.78 is 28.0. The fraction of sp³-hybridized carbons (Fsp3) is 0.562. The number of rotatable bonds is 4. The van der Waals surface area contributed by atoms with Gasteiger partial charge < -0.3 is 23.7 Å². The summed E-state index contributed by atoms with van der Waals surface area (Å²) in [5.74, 6) is -1.09. The van der Waals surface area contributed by atoms with Crippen molar-refractivity contribution in [3.8, 4) is 0 Å². The van der Waals surface area contributed by atoms with E-state index in [4.69, 9.17) is 23.7 Å². The average Bonchev–Trinajstić information content (AvgIpc) is 2.96. The van der Waals surface area contributed by atoms with E-state index in [0.29, 0.717) is 5.56 Å². The van der Waals surface area contributed by atoms with Gasteiger partial charge in [0, 0.05) is 7.11 Å². The Morgan fingerprint density at radius 2 is 1.95 bits per heavy atom. The van der Waals surface area contributed by atoms with Crippen LogP contribution in [0.3, 0.4) is 0 Å². The van der Waals surface area contributed by atoms with Crippen molar-refractivity contribution in [3.63, 3.8) is 0 Å². The molecule has 0 spiro atoms. The number of carbonyl (C=O) groups is 1. The van der Waals surface area contributed by atoms with Crippen molar-refractivity contribution in [2.75, 3.05) is 13.7 Å². The Bertz CT molecular complexity index is 529. The van der Waals surface area contributed by atoms with Gasteiger partial charge in [-0.05, 0) is 26.0 Å². The van der Waals surface area contributed by atoms with Crippen molar-refractivity contribution in [2.45, 2.75) is 44.2 Å². The van der Waals surface area contributed by atoms with Crippen LogP contribution >= 0.6 is 0 Å². The van der Waals surface area contributed by atoms with Crippen LogP contribution in [-0.2, 0) is 23.7 Å². The van der Waals surface area contributed by atoms with Crippen molar-refractivity contribution in [2.24, 2.45) is 0 Å². The molecule has 1 aromatic rings. The first-order valence-electron chi connectivity index (χ1n) is 7.26. The van der Waals surface area contributed by atoms with Crippen molar-refractivity contribution in [1.29, 1.82) is 0 Å². The fourth-order valence-corrected chi connectivity index (χ4v) is 2.78. The standard InChI is InChI=1S/C16H20O6/c1-16(2)21-13-12(18-3)11(20-15(13)22-16)9-19-14(17)10-7-5-4-6-8-10/h4-8,11-13,15H,9H2,1-3H3/t11-,12-,13-,15-/m1/s1. The van der Waals surface area contributed by atoms with Gasteiger partial charge in [0.05, 0.1) is 5.56 Å². The van der Waals surface area contributed by atoms with Gasteiger partial charge in [-0.1, -0.05) is 18.2 Å². The molecule has 6 nitrogen and oxygen atoms in total. The molecule has 0 N–H and O–H groups in total. The molecule has 0 amide bonds. The number of hydrogen-bond donors (Lipinski definition) is 0. The van der Waals surface area contributed by atoms with Crippen LogP contribution in [0.1, 0.15) is 24.2 Å². The zero-order chi connectivity index (χ0) is 15.7. The summed E-state index contributed by atoms with van der Waals surface area (Å²) in [5, 5.41) is 0. The van der Waals surface area contributed by atoms with E-state index in [1.807, 2.05) is 19.9 Å². The highest BCUT2D eigenvalue weighted by Crippen LogP contribution is 2.38. The molecule has 120 valence electrons. The summed E-state index contributed by atoms with van der Waals surface area (Å²) in [6.45, 7) is 3.74. The zero-order valence-corrected chi connectivity index (χ0v) is 12.9. The van der Waals surface area contributed by atoms with E-state index in [1.165, 1.54) is 0 Å². The Hall–Kier alpha value is -1.47. The van der Waals surface area contributed by atoms with E-state index in [2.05, 4.69) is 0 Å². The molecule has 0 saturated carbocycles. The van der Waals surface area contributed by atoms with Crippen LogP contribution in [-0.4, -0.2) is 50.1 Å². The van der Waals surface area contributed by atoms with Crippen molar-refractivity contribution in [3.05, 3.63) is 35.9 Å². The molecule has 2 heterocycles. The minimum Gasteiger partial charge on any atom is -0.459 e. The first-order chi connectivity index (χ1) is 10.5. The highest BCUT2D eigenvalue weighted by Gasteiger charge is 2.55. The lowest BCUT2D eigenvalue weighted by Gasteiger charge is -2.24. The first kappa shape index (κ1) is 15.4. The summed E-state index contributed by atoms with van der Waals surface area (Å²) in [5.41, 5.74) is 0.503. The quantitative estimate of drug-likeness (QED) is 0.790. The maximum atomic E-state index is 12.0. The summed E-state index contributed by atoms with van der Waals surface area (Å²) in [4.78, 5) is 12.0. The van der Waals surface area contributed by atoms with Crippen LogP contribution in [0, 0.1) is 0 Å². The SMILES string of the molecule is CO[C@H]1[C@H]2OC(C)(C)O[C@H]2O[C@@H]1COC(=O)c1ccccc1. The Labute approximate surface area is 129 Å². The second-order valence-corrected chi connectivity index (χ2v) is 5.81. The molecule has 2 aliphatic rings. The molecule has 0 aromatic heterocycles. The fourth-order valence-electron chi connectivity index (χ4n) is 2.78. The second-order valence-electron chi connectivity index (χ2n) is 5.81.